The van der Waals surface area contributed by atoms with Crippen molar-refractivity contribution in [2.45, 2.75) is 19.5 Å². The van der Waals surface area contributed by atoms with Crippen molar-refractivity contribution in [3.05, 3.63) is 70.0 Å². The highest BCUT2D eigenvalue weighted by molar-refractivity contribution is 7.90. The average Bonchev–Trinajstić information content (AvgIpc) is 2.78. The number of anilines is 1. The summed E-state index contributed by atoms with van der Waals surface area (Å²) in [4.78, 5) is 27.8. The summed E-state index contributed by atoms with van der Waals surface area (Å²) in [5.74, 6) is -1.00. The number of ether oxygens (including phenoxy) is 1. The summed E-state index contributed by atoms with van der Waals surface area (Å²) < 4.78 is 65.4. The number of hydrogen-bond acceptors (Lipinski definition) is 6. The number of hydrogen-bond donors (Lipinski definition) is 1. The predicted octanol–water partition coefficient (Wildman–Crippen LogP) is 2.69. The Morgan fingerprint density at radius 1 is 1.11 bits per heavy atom. The molecule has 12 heteroatoms. The fourth-order valence-electron chi connectivity index (χ4n) is 3.99. The lowest BCUT2D eigenvalue weighted by Crippen LogP contribution is -2.41. The Morgan fingerprint density at radius 2 is 1.83 bits per heavy atom. The van der Waals surface area contributed by atoms with Gasteiger partial charge in [-0.15, -0.1) is 13.2 Å². The molecule has 0 unspecified atom stereocenters. The monoisotopic (exact) mass is 509 g/mol. The number of para-hydroxylation sites is 1. The zero-order valence-electron chi connectivity index (χ0n) is 18.6. The second-order valence-corrected chi connectivity index (χ2v) is 10.5. The third kappa shape index (κ3) is 5.76. The van der Waals surface area contributed by atoms with Gasteiger partial charge in [-0.2, -0.15) is 0 Å². The maximum atomic E-state index is 13.1. The van der Waals surface area contributed by atoms with Crippen LogP contribution in [-0.2, 0) is 22.9 Å². The second kappa shape index (κ2) is 9.25. The first-order valence-electron chi connectivity index (χ1n) is 10.6. The lowest BCUT2D eigenvalue weighted by Gasteiger charge is -2.32. The fourth-order valence-corrected chi connectivity index (χ4v) is 4.54. The molecule has 1 aliphatic rings. The minimum Gasteiger partial charge on any atom is -0.406 e. The first-order chi connectivity index (χ1) is 16.4. The van der Waals surface area contributed by atoms with Crippen molar-refractivity contribution >= 4 is 32.3 Å². The number of amides is 1. The molecule has 0 atom stereocenters. The number of rotatable bonds is 7. The van der Waals surface area contributed by atoms with Crippen LogP contribution in [0.15, 0.2) is 53.3 Å². The average molecular weight is 510 g/mol. The Balaban J connectivity index is 1.54. The van der Waals surface area contributed by atoms with Gasteiger partial charge in [-0.3, -0.25) is 9.59 Å². The normalized spacial score (nSPS) is 13.7. The molecule has 1 amide bonds. The van der Waals surface area contributed by atoms with Gasteiger partial charge in [0.05, 0.1) is 17.0 Å². The maximum Gasteiger partial charge on any atom is 0.573 e. The van der Waals surface area contributed by atoms with Crippen LogP contribution in [0.2, 0.25) is 0 Å². The van der Waals surface area contributed by atoms with Crippen LogP contribution in [0.1, 0.15) is 15.9 Å². The first-order valence-corrected chi connectivity index (χ1v) is 12.7. The molecule has 0 spiro atoms. The highest BCUT2D eigenvalue weighted by Gasteiger charge is 2.31. The molecule has 35 heavy (non-hydrogen) atoms. The first kappa shape index (κ1) is 24.6. The van der Waals surface area contributed by atoms with Crippen molar-refractivity contribution in [3.63, 3.8) is 0 Å². The smallest absolute Gasteiger partial charge is 0.406 e. The highest BCUT2D eigenvalue weighted by Crippen LogP contribution is 2.29. The van der Waals surface area contributed by atoms with Gasteiger partial charge in [0.25, 0.3) is 11.5 Å². The number of nitrogens with one attached hydrogen (secondary N) is 1. The Labute approximate surface area is 198 Å². The van der Waals surface area contributed by atoms with Crippen LogP contribution in [-0.4, -0.2) is 50.4 Å². The summed E-state index contributed by atoms with van der Waals surface area (Å²) in [6.45, 7) is 1.000. The van der Waals surface area contributed by atoms with Gasteiger partial charge in [0.1, 0.15) is 21.2 Å². The summed E-state index contributed by atoms with van der Waals surface area (Å²) in [5, 5.41) is 3.28. The fraction of sp³-hybridized carbons (Fsp3) is 0.304. The van der Waals surface area contributed by atoms with Gasteiger partial charge in [-0.05, 0) is 29.8 Å². The molecule has 1 N–H and O–H groups in total. The number of alkyl halides is 3. The highest BCUT2D eigenvalue weighted by atomic mass is 32.2. The molecule has 0 bridgehead atoms. The largest absolute Gasteiger partial charge is 0.573 e. The van der Waals surface area contributed by atoms with Crippen molar-refractivity contribution in [3.8, 4) is 5.75 Å². The van der Waals surface area contributed by atoms with Gasteiger partial charge in [-0.25, -0.2) is 8.42 Å². The standard InChI is InChI=1S/C23H22F3N3O5S/c1-35(32,33)12-11-28-9-10-29-20-16(3-2-4-19(20)28)13-18(22(29)31)21(30)27-14-15-5-7-17(8-6-15)34-23(24,25)26/h2-8,13H,9-12,14H2,1H3,(H,27,30). The van der Waals surface area contributed by atoms with Gasteiger partial charge >= 0.3 is 6.36 Å². The molecule has 8 nitrogen and oxygen atoms in total. The van der Waals surface area contributed by atoms with Gasteiger partial charge in [0.2, 0.25) is 0 Å². The minimum absolute atomic E-state index is 0.00190. The predicted molar refractivity (Wildman–Crippen MR) is 124 cm³/mol. The molecule has 1 aromatic heterocycles. The summed E-state index contributed by atoms with van der Waals surface area (Å²) in [7, 11) is -3.16. The van der Waals surface area contributed by atoms with E-state index in [1.165, 1.54) is 29.0 Å². The molecule has 2 heterocycles. The van der Waals surface area contributed by atoms with E-state index in [2.05, 4.69) is 10.1 Å². The molecule has 4 rings (SSSR count). The van der Waals surface area contributed by atoms with Gasteiger partial charge in [-0.1, -0.05) is 24.3 Å². The zero-order valence-corrected chi connectivity index (χ0v) is 19.4. The van der Waals surface area contributed by atoms with Crippen LogP contribution < -0.4 is 20.5 Å². The SMILES string of the molecule is CS(=O)(=O)CCN1CCn2c(=O)c(C(=O)NCc3ccc(OC(F)(F)F)cc3)cc3cccc1c32. The number of pyridine rings is 1. The third-order valence-corrected chi connectivity index (χ3v) is 6.54. The molecular formula is C23H22F3N3O5S. The van der Waals surface area contributed by atoms with E-state index in [1.54, 1.807) is 12.1 Å². The molecule has 186 valence electrons. The van der Waals surface area contributed by atoms with Crippen molar-refractivity contribution in [2.75, 3.05) is 30.0 Å². The van der Waals surface area contributed by atoms with E-state index in [9.17, 15) is 31.2 Å². The van der Waals surface area contributed by atoms with Crippen LogP contribution in [0.25, 0.3) is 10.9 Å². The second-order valence-electron chi connectivity index (χ2n) is 8.22. The zero-order chi connectivity index (χ0) is 25.4. The van der Waals surface area contributed by atoms with E-state index < -0.39 is 27.7 Å². The molecule has 2 aromatic carbocycles. The summed E-state index contributed by atoms with van der Waals surface area (Å²) in [6, 6.07) is 11.9. The number of halogens is 3. The van der Waals surface area contributed by atoms with E-state index in [0.29, 0.717) is 29.6 Å². The van der Waals surface area contributed by atoms with E-state index in [0.717, 1.165) is 17.8 Å². The summed E-state index contributed by atoms with van der Waals surface area (Å²) in [5.41, 5.74) is 1.35. The van der Waals surface area contributed by atoms with Crippen molar-refractivity contribution in [1.82, 2.24) is 9.88 Å². The van der Waals surface area contributed by atoms with Crippen molar-refractivity contribution in [2.24, 2.45) is 0 Å². The Bertz CT molecular complexity index is 1430. The summed E-state index contributed by atoms with van der Waals surface area (Å²) in [6.07, 6.45) is -3.62. The van der Waals surface area contributed by atoms with Crippen LogP contribution in [0, 0.1) is 0 Å². The molecule has 0 fully saturated rings. The molecule has 1 aliphatic heterocycles. The Hall–Kier alpha value is -3.54. The van der Waals surface area contributed by atoms with E-state index in [-0.39, 0.29) is 30.2 Å². The van der Waals surface area contributed by atoms with Crippen LogP contribution in [0.5, 0.6) is 5.75 Å². The van der Waals surface area contributed by atoms with Crippen molar-refractivity contribution < 1.29 is 31.1 Å². The van der Waals surface area contributed by atoms with Crippen LogP contribution >= 0.6 is 0 Å². The van der Waals surface area contributed by atoms with Crippen LogP contribution in [0.4, 0.5) is 18.9 Å². The molecule has 0 saturated carbocycles. The van der Waals surface area contributed by atoms with Gasteiger partial charge < -0.3 is 19.5 Å². The lowest BCUT2D eigenvalue weighted by molar-refractivity contribution is -0.274. The molecule has 0 aliphatic carbocycles. The molecule has 0 saturated heterocycles. The Kier molecular flexibility index (Phi) is 6.50. The summed E-state index contributed by atoms with van der Waals surface area (Å²) >= 11 is 0. The van der Waals surface area contributed by atoms with E-state index >= 15 is 0 Å². The molecular weight excluding hydrogens is 487 g/mol. The Morgan fingerprint density at radius 3 is 2.49 bits per heavy atom. The number of carbonyl (C=O) groups excluding carboxylic acids is 1. The number of nitrogens with zero attached hydrogens (tertiary/aromatic N) is 2. The number of carbonyl (C=O) groups is 1. The van der Waals surface area contributed by atoms with E-state index in [1.807, 2.05) is 11.0 Å². The van der Waals surface area contributed by atoms with Crippen LogP contribution in [0.3, 0.4) is 0 Å². The van der Waals surface area contributed by atoms with E-state index in [4.69, 9.17) is 0 Å². The maximum absolute atomic E-state index is 13.1. The number of benzene rings is 2. The third-order valence-electron chi connectivity index (χ3n) is 5.61. The minimum atomic E-state index is -4.79. The van der Waals surface area contributed by atoms with Crippen molar-refractivity contribution in [1.29, 1.82) is 0 Å². The van der Waals surface area contributed by atoms with Gasteiger partial charge in [0, 0.05) is 37.8 Å². The number of aromatic nitrogens is 1. The lowest BCUT2D eigenvalue weighted by atomic mass is 10.1. The number of sulfone groups is 1. The topological polar surface area (TPSA) is 97.7 Å². The molecule has 3 aromatic rings. The quantitative estimate of drug-likeness (QED) is 0.526. The molecule has 0 radical (unpaired) electrons. The van der Waals surface area contributed by atoms with Gasteiger partial charge in [0.15, 0.2) is 0 Å².